The zero-order valence-corrected chi connectivity index (χ0v) is 14.1. The SMILES string of the molecule is CN(C)S(=O)(=O)c1cccc(S(=O)(=O)NC(C)(C)CN)c1. The average molecular weight is 335 g/mol. The van der Waals surface area contributed by atoms with Crippen molar-refractivity contribution >= 4 is 20.0 Å². The van der Waals surface area contributed by atoms with Crippen molar-refractivity contribution in [3.8, 4) is 0 Å². The number of benzene rings is 1. The highest BCUT2D eigenvalue weighted by Gasteiger charge is 2.26. The Bertz CT molecular complexity index is 710. The molecule has 1 aromatic rings. The first kappa shape index (κ1) is 18.1. The molecule has 0 amide bonds. The predicted octanol–water partition coefficient (Wildman–Crippen LogP) is -0.0475. The van der Waals surface area contributed by atoms with E-state index in [1.807, 2.05) is 0 Å². The molecule has 0 heterocycles. The van der Waals surface area contributed by atoms with Gasteiger partial charge in [-0.05, 0) is 32.0 Å². The number of rotatable bonds is 6. The Balaban J connectivity index is 3.29. The van der Waals surface area contributed by atoms with Gasteiger partial charge in [0.05, 0.1) is 9.79 Å². The van der Waals surface area contributed by atoms with Crippen molar-refractivity contribution in [2.45, 2.75) is 29.2 Å². The molecule has 9 heteroatoms. The summed E-state index contributed by atoms with van der Waals surface area (Å²) in [6.07, 6.45) is 0. The summed E-state index contributed by atoms with van der Waals surface area (Å²) in [5.74, 6) is 0. The van der Waals surface area contributed by atoms with Gasteiger partial charge in [-0.15, -0.1) is 0 Å². The van der Waals surface area contributed by atoms with Crippen molar-refractivity contribution in [3.05, 3.63) is 24.3 Å². The van der Waals surface area contributed by atoms with E-state index in [1.54, 1.807) is 13.8 Å². The normalized spacial score (nSPS) is 13.6. The van der Waals surface area contributed by atoms with Gasteiger partial charge in [0.2, 0.25) is 20.0 Å². The lowest BCUT2D eigenvalue weighted by molar-refractivity contribution is 0.462. The standard InChI is InChI=1S/C12H21N3O4S2/c1-12(2,9-13)14-20(16,17)10-6-5-7-11(8-10)21(18,19)15(3)4/h5-8,14H,9,13H2,1-4H3. The van der Waals surface area contributed by atoms with Crippen LogP contribution in [0.2, 0.25) is 0 Å². The van der Waals surface area contributed by atoms with E-state index in [4.69, 9.17) is 5.73 Å². The summed E-state index contributed by atoms with van der Waals surface area (Å²) in [7, 11) is -4.78. The molecule has 3 N–H and O–H groups in total. The Morgan fingerprint density at radius 1 is 1.14 bits per heavy atom. The van der Waals surface area contributed by atoms with E-state index >= 15 is 0 Å². The van der Waals surface area contributed by atoms with Crippen molar-refractivity contribution in [1.29, 1.82) is 0 Å². The quantitative estimate of drug-likeness (QED) is 0.757. The van der Waals surface area contributed by atoms with Gasteiger partial charge in [0.1, 0.15) is 0 Å². The van der Waals surface area contributed by atoms with Crippen LogP contribution in [0, 0.1) is 0 Å². The maximum absolute atomic E-state index is 12.3. The smallest absolute Gasteiger partial charge is 0.242 e. The second-order valence-corrected chi connectivity index (χ2v) is 9.29. The molecule has 0 unspecified atom stereocenters. The van der Waals surface area contributed by atoms with E-state index < -0.39 is 25.6 Å². The highest BCUT2D eigenvalue weighted by molar-refractivity contribution is 7.90. The second-order valence-electron chi connectivity index (χ2n) is 5.46. The van der Waals surface area contributed by atoms with Crippen LogP contribution in [0.1, 0.15) is 13.8 Å². The summed E-state index contributed by atoms with van der Waals surface area (Å²) in [5.41, 5.74) is 4.68. The average Bonchev–Trinajstić information content (AvgIpc) is 2.37. The molecule has 7 nitrogen and oxygen atoms in total. The van der Waals surface area contributed by atoms with Crippen LogP contribution in [0.3, 0.4) is 0 Å². The molecule has 0 radical (unpaired) electrons. The van der Waals surface area contributed by atoms with Gasteiger partial charge in [-0.3, -0.25) is 0 Å². The molecule has 0 saturated carbocycles. The van der Waals surface area contributed by atoms with Gasteiger partial charge < -0.3 is 5.73 Å². The molecule has 0 aliphatic carbocycles. The van der Waals surface area contributed by atoms with Crippen molar-refractivity contribution in [2.75, 3.05) is 20.6 Å². The molecular weight excluding hydrogens is 314 g/mol. The Morgan fingerprint density at radius 3 is 2.14 bits per heavy atom. The third-order valence-electron chi connectivity index (χ3n) is 2.82. The van der Waals surface area contributed by atoms with Crippen LogP contribution in [0.4, 0.5) is 0 Å². The van der Waals surface area contributed by atoms with Gasteiger partial charge in [-0.1, -0.05) is 6.07 Å². The van der Waals surface area contributed by atoms with E-state index in [0.717, 1.165) is 10.4 Å². The number of hydrogen-bond donors (Lipinski definition) is 2. The van der Waals surface area contributed by atoms with Gasteiger partial charge in [0, 0.05) is 26.2 Å². The fourth-order valence-electron chi connectivity index (χ4n) is 1.48. The monoisotopic (exact) mass is 335 g/mol. The lowest BCUT2D eigenvalue weighted by Crippen LogP contribution is -2.48. The number of nitrogens with one attached hydrogen (secondary N) is 1. The summed E-state index contributed by atoms with van der Waals surface area (Å²) < 4.78 is 52.1. The molecule has 120 valence electrons. The molecule has 1 rings (SSSR count). The van der Waals surface area contributed by atoms with Gasteiger partial charge >= 0.3 is 0 Å². The molecule has 0 fully saturated rings. The minimum Gasteiger partial charge on any atom is -0.329 e. The van der Waals surface area contributed by atoms with E-state index in [0.29, 0.717) is 0 Å². The molecule has 0 spiro atoms. The van der Waals surface area contributed by atoms with Gasteiger partial charge in [-0.25, -0.2) is 25.9 Å². The summed E-state index contributed by atoms with van der Waals surface area (Å²) in [6, 6.07) is 5.21. The van der Waals surface area contributed by atoms with Gasteiger partial charge in [0.25, 0.3) is 0 Å². The maximum Gasteiger partial charge on any atom is 0.242 e. The van der Waals surface area contributed by atoms with Crippen molar-refractivity contribution in [1.82, 2.24) is 9.03 Å². The highest BCUT2D eigenvalue weighted by atomic mass is 32.2. The predicted molar refractivity (Wildman–Crippen MR) is 80.8 cm³/mol. The lowest BCUT2D eigenvalue weighted by Gasteiger charge is -2.24. The highest BCUT2D eigenvalue weighted by Crippen LogP contribution is 2.19. The number of sulfonamides is 2. The molecule has 0 aliphatic heterocycles. The summed E-state index contributed by atoms with van der Waals surface area (Å²) >= 11 is 0. The minimum atomic E-state index is -3.85. The van der Waals surface area contributed by atoms with Crippen LogP contribution in [-0.4, -0.2) is 47.3 Å². The van der Waals surface area contributed by atoms with Crippen molar-refractivity contribution < 1.29 is 16.8 Å². The molecule has 1 aromatic carbocycles. The van der Waals surface area contributed by atoms with E-state index in [9.17, 15) is 16.8 Å². The van der Waals surface area contributed by atoms with Crippen LogP contribution in [-0.2, 0) is 20.0 Å². The lowest BCUT2D eigenvalue weighted by atomic mass is 10.1. The third kappa shape index (κ3) is 4.24. The summed E-state index contributed by atoms with van der Waals surface area (Å²) in [6.45, 7) is 3.40. The number of nitrogens with zero attached hydrogens (tertiary/aromatic N) is 1. The molecular formula is C12H21N3O4S2. The molecule has 0 atom stereocenters. The topological polar surface area (TPSA) is 110 Å². The van der Waals surface area contributed by atoms with Gasteiger partial charge in [0.15, 0.2) is 0 Å². The van der Waals surface area contributed by atoms with Crippen LogP contribution < -0.4 is 10.5 Å². The Labute approximate surface area is 126 Å². The third-order valence-corrected chi connectivity index (χ3v) is 6.32. The summed E-state index contributed by atoms with van der Waals surface area (Å²) in [5, 5.41) is 0. The summed E-state index contributed by atoms with van der Waals surface area (Å²) in [4.78, 5) is -0.201. The molecule has 0 bridgehead atoms. The number of hydrogen-bond acceptors (Lipinski definition) is 5. The van der Waals surface area contributed by atoms with Crippen molar-refractivity contribution in [3.63, 3.8) is 0 Å². The largest absolute Gasteiger partial charge is 0.329 e. The fourth-order valence-corrected chi connectivity index (χ4v) is 3.97. The zero-order chi connectivity index (χ0) is 16.5. The molecule has 0 aliphatic rings. The first-order valence-electron chi connectivity index (χ1n) is 6.19. The van der Waals surface area contributed by atoms with Crippen LogP contribution in [0.25, 0.3) is 0 Å². The van der Waals surface area contributed by atoms with Crippen molar-refractivity contribution in [2.24, 2.45) is 5.73 Å². The maximum atomic E-state index is 12.3. The molecule has 0 saturated heterocycles. The zero-order valence-electron chi connectivity index (χ0n) is 12.5. The van der Waals surface area contributed by atoms with E-state index in [2.05, 4.69) is 4.72 Å². The fraction of sp³-hybridized carbons (Fsp3) is 0.500. The Hall–Kier alpha value is -1.00. The molecule has 0 aromatic heterocycles. The van der Waals surface area contributed by atoms with E-state index in [1.165, 1.54) is 32.3 Å². The van der Waals surface area contributed by atoms with Crippen LogP contribution in [0.15, 0.2) is 34.1 Å². The van der Waals surface area contributed by atoms with Gasteiger partial charge in [-0.2, -0.15) is 0 Å². The Kier molecular flexibility index (Phi) is 5.17. The minimum absolute atomic E-state index is 0.0825. The van der Waals surface area contributed by atoms with Crippen LogP contribution in [0.5, 0.6) is 0 Å². The second kappa shape index (κ2) is 6.01. The van der Waals surface area contributed by atoms with E-state index in [-0.39, 0.29) is 16.3 Å². The first-order chi connectivity index (χ1) is 9.42. The number of nitrogens with two attached hydrogens (primary N) is 1. The molecule has 21 heavy (non-hydrogen) atoms. The Morgan fingerprint density at radius 2 is 1.67 bits per heavy atom. The first-order valence-corrected chi connectivity index (χ1v) is 9.11. The van der Waals surface area contributed by atoms with Crippen LogP contribution >= 0.6 is 0 Å².